The highest BCUT2D eigenvalue weighted by atomic mass is 16.5. The number of hydrogen-bond donors (Lipinski definition) is 3. The lowest BCUT2D eigenvalue weighted by molar-refractivity contribution is -0.140. The minimum atomic E-state index is -0.961. The van der Waals surface area contributed by atoms with E-state index in [2.05, 4.69) is 37.6 Å². The number of rotatable bonds is 10. The molecule has 2 aromatic heterocycles. The summed E-state index contributed by atoms with van der Waals surface area (Å²) in [6, 6.07) is 11.0. The van der Waals surface area contributed by atoms with Gasteiger partial charge < -0.3 is 25.4 Å². The van der Waals surface area contributed by atoms with E-state index in [1.165, 1.54) is 18.3 Å². The van der Waals surface area contributed by atoms with E-state index < -0.39 is 12.0 Å². The Balaban J connectivity index is 1.10. The maximum atomic E-state index is 11.9. The predicted octanol–water partition coefficient (Wildman–Crippen LogP) is 3.36. The Kier molecular flexibility index (Phi) is 7.88. The van der Waals surface area contributed by atoms with Crippen molar-refractivity contribution in [2.24, 2.45) is 0 Å². The summed E-state index contributed by atoms with van der Waals surface area (Å²) in [5.41, 5.74) is 3.23. The van der Waals surface area contributed by atoms with Gasteiger partial charge in [0.1, 0.15) is 24.0 Å². The van der Waals surface area contributed by atoms with Crippen molar-refractivity contribution in [2.75, 3.05) is 43.4 Å². The number of carbonyl (C=O) groups is 1. The van der Waals surface area contributed by atoms with Crippen LogP contribution in [0.1, 0.15) is 36.9 Å². The van der Waals surface area contributed by atoms with Gasteiger partial charge in [-0.1, -0.05) is 18.2 Å². The topological polar surface area (TPSA) is 112 Å². The first-order chi connectivity index (χ1) is 17.7. The van der Waals surface area contributed by atoms with Gasteiger partial charge in [0.2, 0.25) is 0 Å². The molecule has 36 heavy (non-hydrogen) atoms. The van der Waals surface area contributed by atoms with E-state index in [9.17, 15) is 9.90 Å². The summed E-state index contributed by atoms with van der Waals surface area (Å²) in [5.74, 6) is 0.604. The SMILES string of the molecule is O=C(O)[C@H](CO[C@@H]1CCCN(CCCc2ccc3c(n2)NCCC3)C1)Nc1ncnc2ccccc12. The molecule has 9 nitrogen and oxygen atoms in total. The summed E-state index contributed by atoms with van der Waals surface area (Å²) in [7, 11) is 0. The first-order valence-electron chi connectivity index (χ1n) is 12.9. The average molecular weight is 491 g/mol. The number of para-hydroxylation sites is 1. The molecule has 5 rings (SSSR count). The zero-order valence-corrected chi connectivity index (χ0v) is 20.5. The van der Waals surface area contributed by atoms with Crippen LogP contribution in [-0.2, 0) is 22.4 Å². The second-order valence-electron chi connectivity index (χ2n) is 9.62. The number of carboxylic acids is 1. The average Bonchev–Trinajstić information content (AvgIpc) is 2.91. The fourth-order valence-electron chi connectivity index (χ4n) is 5.04. The van der Waals surface area contributed by atoms with E-state index in [1.807, 2.05) is 24.3 Å². The molecule has 2 aliphatic rings. The van der Waals surface area contributed by atoms with Gasteiger partial charge in [-0.3, -0.25) is 0 Å². The molecule has 0 saturated carbocycles. The summed E-state index contributed by atoms with van der Waals surface area (Å²) in [5, 5.41) is 17.0. The monoisotopic (exact) mass is 490 g/mol. The number of likely N-dealkylation sites (tertiary alicyclic amines) is 1. The second kappa shape index (κ2) is 11.6. The van der Waals surface area contributed by atoms with Crippen molar-refractivity contribution in [3.8, 4) is 0 Å². The van der Waals surface area contributed by atoms with E-state index in [4.69, 9.17) is 9.72 Å². The van der Waals surface area contributed by atoms with Gasteiger partial charge in [0, 0.05) is 24.2 Å². The van der Waals surface area contributed by atoms with Gasteiger partial charge in [-0.15, -0.1) is 0 Å². The molecule has 3 N–H and O–H groups in total. The van der Waals surface area contributed by atoms with Crippen LogP contribution in [-0.4, -0.2) is 75.9 Å². The molecule has 1 aromatic carbocycles. The van der Waals surface area contributed by atoms with Gasteiger partial charge in [0.15, 0.2) is 0 Å². The third kappa shape index (κ3) is 6.09. The molecule has 0 spiro atoms. The molecule has 1 fully saturated rings. The molecule has 1 saturated heterocycles. The first kappa shape index (κ1) is 24.4. The Hall–Kier alpha value is -3.30. The van der Waals surface area contributed by atoms with Crippen LogP contribution in [0.15, 0.2) is 42.7 Å². The smallest absolute Gasteiger partial charge is 0.328 e. The Bertz CT molecular complexity index is 1180. The number of hydrogen-bond acceptors (Lipinski definition) is 8. The van der Waals surface area contributed by atoms with Crippen LogP contribution < -0.4 is 10.6 Å². The van der Waals surface area contributed by atoms with Crippen LogP contribution in [0, 0.1) is 0 Å². The summed E-state index contributed by atoms with van der Waals surface area (Å²) >= 11 is 0. The Morgan fingerprint density at radius 1 is 1.22 bits per heavy atom. The zero-order valence-electron chi connectivity index (χ0n) is 20.5. The Morgan fingerprint density at radius 3 is 3.06 bits per heavy atom. The largest absolute Gasteiger partial charge is 0.480 e. The molecule has 2 atom stereocenters. The molecule has 0 radical (unpaired) electrons. The molecule has 2 aliphatic heterocycles. The molecule has 0 amide bonds. The number of carboxylic acid groups (broad SMARTS) is 1. The number of piperidine rings is 1. The molecular formula is C27H34N6O3. The van der Waals surface area contributed by atoms with Crippen LogP contribution >= 0.6 is 0 Å². The number of aliphatic carboxylic acids is 1. The van der Waals surface area contributed by atoms with Crippen molar-refractivity contribution in [2.45, 2.75) is 50.7 Å². The third-order valence-corrected chi connectivity index (χ3v) is 6.97. The van der Waals surface area contributed by atoms with Crippen molar-refractivity contribution in [3.05, 3.63) is 54.0 Å². The van der Waals surface area contributed by atoms with Gasteiger partial charge in [0.25, 0.3) is 0 Å². The fourth-order valence-corrected chi connectivity index (χ4v) is 5.04. The minimum absolute atomic E-state index is 0.0237. The van der Waals surface area contributed by atoms with E-state index in [0.29, 0.717) is 5.82 Å². The molecule has 0 bridgehead atoms. The Morgan fingerprint density at radius 2 is 2.14 bits per heavy atom. The lowest BCUT2D eigenvalue weighted by Crippen LogP contribution is -2.43. The van der Waals surface area contributed by atoms with Crippen LogP contribution in [0.3, 0.4) is 0 Å². The van der Waals surface area contributed by atoms with Crippen molar-refractivity contribution in [3.63, 3.8) is 0 Å². The highest BCUT2D eigenvalue weighted by Crippen LogP contribution is 2.22. The van der Waals surface area contributed by atoms with E-state index in [-0.39, 0.29) is 12.7 Å². The van der Waals surface area contributed by atoms with Crippen molar-refractivity contribution in [1.29, 1.82) is 0 Å². The number of anilines is 2. The fraction of sp³-hybridized carbons (Fsp3) is 0.481. The molecule has 4 heterocycles. The maximum absolute atomic E-state index is 11.9. The molecule has 0 unspecified atom stereocenters. The summed E-state index contributed by atoms with van der Waals surface area (Å²) < 4.78 is 6.10. The number of nitrogens with one attached hydrogen (secondary N) is 2. The molecule has 3 aromatic rings. The number of fused-ring (bicyclic) bond motifs is 2. The Labute approximate surface area is 211 Å². The van der Waals surface area contributed by atoms with Crippen LogP contribution in [0.5, 0.6) is 0 Å². The standard InChI is InChI=1S/C27H34N6O3/c34-27(35)24(32-26-22-9-1-2-10-23(22)29-18-30-26)17-36-21-8-5-15-33(16-21)14-4-7-20-12-11-19-6-3-13-28-25(19)31-20/h1-2,9-12,18,21,24H,3-8,13-17H2,(H,28,31)(H,34,35)(H,29,30,32)/t21-,24+/m1/s1. The summed E-state index contributed by atoms with van der Waals surface area (Å²) in [4.78, 5) is 27.7. The normalized spacial score (nSPS) is 18.8. The van der Waals surface area contributed by atoms with E-state index in [0.717, 1.165) is 80.7 Å². The number of ether oxygens (including phenoxy) is 1. The number of aromatic nitrogens is 3. The zero-order chi connectivity index (χ0) is 24.7. The number of benzene rings is 1. The van der Waals surface area contributed by atoms with Crippen LogP contribution in [0.4, 0.5) is 11.6 Å². The summed E-state index contributed by atoms with van der Waals surface area (Å²) in [6.07, 6.45) is 7.74. The van der Waals surface area contributed by atoms with E-state index in [1.54, 1.807) is 0 Å². The van der Waals surface area contributed by atoms with E-state index >= 15 is 0 Å². The first-order valence-corrected chi connectivity index (χ1v) is 12.9. The summed E-state index contributed by atoms with van der Waals surface area (Å²) in [6.45, 7) is 3.94. The molecule has 9 heteroatoms. The third-order valence-electron chi connectivity index (χ3n) is 6.97. The second-order valence-corrected chi connectivity index (χ2v) is 9.62. The lowest BCUT2D eigenvalue weighted by Gasteiger charge is -2.33. The molecule has 0 aliphatic carbocycles. The molecule has 190 valence electrons. The number of nitrogens with zero attached hydrogens (tertiary/aromatic N) is 4. The molecular weight excluding hydrogens is 456 g/mol. The minimum Gasteiger partial charge on any atom is -0.480 e. The van der Waals surface area contributed by atoms with Gasteiger partial charge in [-0.05, 0) is 75.4 Å². The van der Waals surface area contributed by atoms with Gasteiger partial charge in [-0.25, -0.2) is 19.7 Å². The highest BCUT2D eigenvalue weighted by Gasteiger charge is 2.25. The quantitative estimate of drug-likeness (QED) is 0.394. The van der Waals surface area contributed by atoms with Gasteiger partial charge >= 0.3 is 5.97 Å². The van der Waals surface area contributed by atoms with Gasteiger partial charge in [0.05, 0.1) is 18.2 Å². The number of pyridine rings is 1. The highest BCUT2D eigenvalue weighted by molar-refractivity contribution is 5.90. The van der Waals surface area contributed by atoms with Crippen molar-refractivity contribution >= 4 is 28.5 Å². The van der Waals surface area contributed by atoms with Gasteiger partial charge in [-0.2, -0.15) is 0 Å². The number of aryl methyl sites for hydroxylation is 2. The maximum Gasteiger partial charge on any atom is 0.328 e. The van der Waals surface area contributed by atoms with Crippen molar-refractivity contribution in [1.82, 2.24) is 19.9 Å². The van der Waals surface area contributed by atoms with Crippen LogP contribution in [0.2, 0.25) is 0 Å². The van der Waals surface area contributed by atoms with Crippen molar-refractivity contribution < 1.29 is 14.6 Å². The lowest BCUT2D eigenvalue weighted by atomic mass is 10.1. The van der Waals surface area contributed by atoms with Crippen LogP contribution in [0.25, 0.3) is 10.9 Å². The predicted molar refractivity (Wildman–Crippen MR) is 139 cm³/mol.